The van der Waals surface area contributed by atoms with E-state index in [9.17, 15) is 14.7 Å². The Morgan fingerprint density at radius 3 is 2.57 bits per heavy atom. The van der Waals surface area contributed by atoms with E-state index in [4.69, 9.17) is 5.26 Å². The average Bonchev–Trinajstić information content (AvgIpc) is 3.06. The van der Waals surface area contributed by atoms with Crippen LogP contribution < -0.4 is 0 Å². The molecule has 1 aromatic rings. The molecular weight excluding hydrogens is 268 g/mol. The van der Waals surface area contributed by atoms with E-state index in [1.54, 1.807) is 24.3 Å². The first kappa shape index (κ1) is 13.6. The quantitative estimate of drug-likeness (QED) is 0.899. The Balaban J connectivity index is 1.86. The Labute approximate surface area is 122 Å². The molecule has 0 spiro atoms. The van der Waals surface area contributed by atoms with Crippen molar-refractivity contribution in [1.82, 2.24) is 4.90 Å². The highest BCUT2D eigenvalue weighted by Crippen LogP contribution is 2.42. The van der Waals surface area contributed by atoms with Gasteiger partial charge in [-0.25, -0.2) is 4.79 Å². The largest absolute Gasteiger partial charge is 0.480 e. The van der Waals surface area contributed by atoms with Crippen LogP contribution in [-0.4, -0.2) is 34.5 Å². The summed E-state index contributed by atoms with van der Waals surface area (Å²) < 4.78 is 0. The maximum absolute atomic E-state index is 12.6. The van der Waals surface area contributed by atoms with E-state index in [-0.39, 0.29) is 11.8 Å². The van der Waals surface area contributed by atoms with Gasteiger partial charge in [0.05, 0.1) is 11.6 Å². The van der Waals surface area contributed by atoms with Crippen molar-refractivity contribution in [3.63, 3.8) is 0 Å². The summed E-state index contributed by atoms with van der Waals surface area (Å²) in [6.45, 7) is 0.528. The molecule has 3 rings (SSSR count). The molecule has 2 aliphatic rings. The fourth-order valence-corrected chi connectivity index (χ4v) is 3.68. The highest BCUT2D eigenvalue weighted by Gasteiger charge is 2.49. The van der Waals surface area contributed by atoms with Crippen LogP contribution in [0.15, 0.2) is 24.3 Å². The van der Waals surface area contributed by atoms with Crippen LogP contribution in [-0.2, 0) is 4.79 Å². The van der Waals surface area contributed by atoms with Crippen molar-refractivity contribution in [2.45, 2.75) is 25.3 Å². The van der Waals surface area contributed by atoms with Crippen molar-refractivity contribution in [2.24, 2.45) is 11.8 Å². The van der Waals surface area contributed by atoms with Crippen molar-refractivity contribution < 1.29 is 14.7 Å². The van der Waals surface area contributed by atoms with Gasteiger partial charge in [-0.05, 0) is 48.9 Å². The fourth-order valence-electron chi connectivity index (χ4n) is 3.68. The summed E-state index contributed by atoms with van der Waals surface area (Å²) in [7, 11) is 0. The van der Waals surface area contributed by atoms with Crippen LogP contribution in [0.2, 0.25) is 0 Å². The van der Waals surface area contributed by atoms with E-state index in [0.717, 1.165) is 19.3 Å². The number of nitriles is 1. The molecule has 1 heterocycles. The lowest BCUT2D eigenvalue weighted by Gasteiger charge is -2.24. The number of aliphatic carboxylic acids is 1. The number of carbonyl (C=O) groups is 2. The average molecular weight is 284 g/mol. The summed E-state index contributed by atoms with van der Waals surface area (Å²) in [5.41, 5.74) is 0.930. The number of fused-ring (bicyclic) bond motifs is 1. The molecular formula is C16H16N2O3. The van der Waals surface area contributed by atoms with E-state index in [2.05, 4.69) is 0 Å². The van der Waals surface area contributed by atoms with E-state index in [1.165, 1.54) is 4.90 Å². The number of hydrogen-bond acceptors (Lipinski definition) is 3. The number of likely N-dealkylation sites (tertiary alicyclic amines) is 1. The second-order valence-corrected chi connectivity index (χ2v) is 5.78. The van der Waals surface area contributed by atoms with E-state index >= 15 is 0 Å². The van der Waals surface area contributed by atoms with Crippen LogP contribution >= 0.6 is 0 Å². The minimum absolute atomic E-state index is 0.0878. The van der Waals surface area contributed by atoms with Crippen LogP contribution in [0.3, 0.4) is 0 Å². The summed E-state index contributed by atoms with van der Waals surface area (Å²) >= 11 is 0. The lowest BCUT2D eigenvalue weighted by molar-refractivity contribution is -0.142. The van der Waals surface area contributed by atoms with Crippen LogP contribution in [0.5, 0.6) is 0 Å². The number of nitrogens with zero attached hydrogens (tertiary/aromatic N) is 2. The Morgan fingerprint density at radius 2 is 1.95 bits per heavy atom. The molecule has 1 amide bonds. The second kappa shape index (κ2) is 5.21. The Hall–Kier alpha value is -2.35. The van der Waals surface area contributed by atoms with Crippen molar-refractivity contribution in [1.29, 1.82) is 5.26 Å². The number of carbonyl (C=O) groups excluding carboxylic acids is 1. The van der Waals surface area contributed by atoms with Crippen molar-refractivity contribution >= 4 is 11.9 Å². The zero-order chi connectivity index (χ0) is 15.0. The maximum Gasteiger partial charge on any atom is 0.326 e. The van der Waals surface area contributed by atoms with Crippen LogP contribution in [0.25, 0.3) is 0 Å². The van der Waals surface area contributed by atoms with Gasteiger partial charge in [0.15, 0.2) is 0 Å². The lowest BCUT2D eigenvalue weighted by atomic mass is 9.94. The van der Waals surface area contributed by atoms with Gasteiger partial charge in [-0.3, -0.25) is 4.79 Å². The Bertz CT molecular complexity index is 617. The van der Waals surface area contributed by atoms with Crippen LogP contribution in [0.4, 0.5) is 0 Å². The normalized spacial score (nSPS) is 27.2. The molecule has 5 heteroatoms. The van der Waals surface area contributed by atoms with E-state index < -0.39 is 12.0 Å². The molecule has 0 bridgehead atoms. The number of carboxylic acid groups (broad SMARTS) is 1. The molecule has 0 radical (unpaired) electrons. The smallest absolute Gasteiger partial charge is 0.326 e. The van der Waals surface area contributed by atoms with Crippen LogP contribution in [0, 0.1) is 23.2 Å². The van der Waals surface area contributed by atoms with Gasteiger partial charge in [-0.1, -0.05) is 6.42 Å². The molecule has 1 N–H and O–H groups in total. The van der Waals surface area contributed by atoms with Gasteiger partial charge in [-0.2, -0.15) is 5.26 Å². The van der Waals surface area contributed by atoms with Crippen molar-refractivity contribution in [2.75, 3.05) is 6.54 Å². The standard InChI is InChI=1S/C16H16N2O3/c17-8-10-4-6-11(7-5-10)15(19)18-9-12-2-1-3-13(12)14(18)16(20)21/h4-7,12-14H,1-3,9H2,(H,20,21). The monoisotopic (exact) mass is 284 g/mol. The first-order valence-electron chi connectivity index (χ1n) is 7.15. The summed E-state index contributed by atoms with van der Waals surface area (Å²) in [4.78, 5) is 25.6. The van der Waals surface area contributed by atoms with Crippen molar-refractivity contribution in [3.8, 4) is 6.07 Å². The first-order valence-corrected chi connectivity index (χ1v) is 7.15. The van der Waals surface area contributed by atoms with Gasteiger partial charge in [0.25, 0.3) is 5.91 Å². The molecule has 3 unspecified atom stereocenters. The van der Waals surface area contributed by atoms with Gasteiger partial charge in [0, 0.05) is 12.1 Å². The topological polar surface area (TPSA) is 81.4 Å². The van der Waals surface area contributed by atoms with Gasteiger partial charge in [-0.15, -0.1) is 0 Å². The van der Waals surface area contributed by atoms with Gasteiger partial charge < -0.3 is 10.0 Å². The maximum atomic E-state index is 12.6. The minimum atomic E-state index is -0.911. The fraction of sp³-hybridized carbons (Fsp3) is 0.438. The Morgan fingerprint density at radius 1 is 1.24 bits per heavy atom. The molecule has 1 aliphatic heterocycles. The predicted octanol–water partition coefficient (Wildman–Crippen LogP) is 1.88. The van der Waals surface area contributed by atoms with Gasteiger partial charge >= 0.3 is 5.97 Å². The van der Waals surface area contributed by atoms with Crippen LogP contribution in [0.1, 0.15) is 35.2 Å². The van der Waals surface area contributed by atoms with E-state index in [0.29, 0.717) is 23.6 Å². The number of benzene rings is 1. The lowest BCUT2D eigenvalue weighted by Crippen LogP contribution is -2.43. The Kier molecular flexibility index (Phi) is 3.38. The third-order valence-electron chi connectivity index (χ3n) is 4.67. The third kappa shape index (κ3) is 2.27. The molecule has 1 saturated heterocycles. The molecule has 5 nitrogen and oxygen atoms in total. The first-order chi connectivity index (χ1) is 10.1. The molecule has 1 aromatic carbocycles. The number of carboxylic acids is 1. The summed E-state index contributed by atoms with van der Waals surface area (Å²) in [5.74, 6) is -0.758. The number of amides is 1. The zero-order valence-corrected chi connectivity index (χ0v) is 11.5. The van der Waals surface area contributed by atoms with Gasteiger partial charge in [0.1, 0.15) is 6.04 Å². The molecule has 0 aromatic heterocycles. The molecule has 108 valence electrons. The zero-order valence-electron chi connectivity index (χ0n) is 11.5. The second-order valence-electron chi connectivity index (χ2n) is 5.78. The molecule has 1 aliphatic carbocycles. The molecule has 2 fully saturated rings. The van der Waals surface area contributed by atoms with Crippen molar-refractivity contribution in [3.05, 3.63) is 35.4 Å². The van der Waals surface area contributed by atoms with Gasteiger partial charge in [0.2, 0.25) is 0 Å². The van der Waals surface area contributed by atoms with E-state index in [1.807, 2.05) is 6.07 Å². The highest BCUT2D eigenvalue weighted by atomic mass is 16.4. The molecule has 3 atom stereocenters. The summed E-state index contributed by atoms with van der Waals surface area (Å²) in [6, 6.07) is 7.64. The summed E-state index contributed by atoms with van der Waals surface area (Å²) in [5, 5.41) is 18.3. The number of hydrogen-bond donors (Lipinski definition) is 1. The summed E-state index contributed by atoms with van der Waals surface area (Å²) in [6.07, 6.45) is 2.95. The highest BCUT2D eigenvalue weighted by molar-refractivity contribution is 5.97. The minimum Gasteiger partial charge on any atom is -0.480 e. The molecule has 1 saturated carbocycles. The SMILES string of the molecule is N#Cc1ccc(C(=O)N2CC3CCCC3C2C(=O)O)cc1. The predicted molar refractivity (Wildman–Crippen MR) is 74.4 cm³/mol. The molecule has 21 heavy (non-hydrogen) atoms. The third-order valence-corrected chi connectivity index (χ3v) is 4.67. The number of rotatable bonds is 2.